The van der Waals surface area contributed by atoms with Crippen LogP contribution in [0.4, 0.5) is 5.69 Å². The number of benzene rings is 1. The fraction of sp³-hybridized carbons (Fsp3) is 0.538. The van der Waals surface area contributed by atoms with Crippen molar-refractivity contribution in [2.24, 2.45) is 5.73 Å². The van der Waals surface area contributed by atoms with Crippen LogP contribution in [0.2, 0.25) is 0 Å². The molecule has 3 N–H and O–H groups in total. The van der Waals surface area contributed by atoms with E-state index in [2.05, 4.69) is 4.72 Å². The summed E-state index contributed by atoms with van der Waals surface area (Å²) >= 11 is 0. The minimum absolute atomic E-state index is 0. The van der Waals surface area contributed by atoms with Crippen molar-refractivity contribution in [2.75, 3.05) is 13.7 Å². The Hall–Kier alpha value is -1.42. The summed E-state index contributed by atoms with van der Waals surface area (Å²) in [6, 6.07) is 3.48. The zero-order valence-electron chi connectivity index (χ0n) is 13.2. The molecule has 10 heteroatoms. The van der Waals surface area contributed by atoms with Crippen LogP contribution >= 0.6 is 12.4 Å². The van der Waals surface area contributed by atoms with Gasteiger partial charge in [-0.3, -0.25) is 10.1 Å². The van der Waals surface area contributed by atoms with Gasteiger partial charge in [0.05, 0.1) is 16.9 Å². The second-order valence-corrected chi connectivity index (χ2v) is 6.75. The second-order valence-electron chi connectivity index (χ2n) is 4.98. The molecule has 0 spiro atoms. The van der Waals surface area contributed by atoms with E-state index in [-0.39, 0.29) is 29.6 Å². The maximum absolute atomic E-state index is 12.3. The van der Waals surface area contributed by atoms with Gasteiger partial charge in [0.25, 0.3) is 0 Å². The molecule has 0 aliphatic carbocycles. The fourth-order valence-electron chi connectivity index (χ4n) is 1.80. The highest BCUT2D eigenvalue weighted by atomic mass is 35.5. The number of methoxy groups -OCH3 is 1. The average molecular weight is 368 g/mol. The molecular formula is C13H22ClN3O5S. The smallest absolute Gasteiger partial charge is 0.312 e. The lowest BCUT2D eigenvalue weighted by Crippen LogP contribution is -2.49. The van der Waals surface area contributed by atoms with E-state index in [9.17, 15) is 18.5 Å². The van der Waals surface area contributed by atoms with Crippen molar-refractivity contribution in [3.05, 3.63) is 28.3 Å². The van der Waals surface area contributed by atoms with Crippen LogP contribution in [0.3, 0.4) is 0 Å². The van der Waals surface area contributed by atoms with Gasteiger partial charge in [0.2, 0.25) is 10.0 Å². The molecule has 1 rings (SSSR count). The van der Waals surface area contributed by atoms with Gasteiger partial charge in [0.1, 0.15) is 0 Å². The number of nitrogens with zero attached hydrogens (tertiary/aromatic N) is 1. The summed E-state index contributed by atoms with van der Waals surface area (Å²) in [5.41, 5.74) is 5.00. The van der Waals surface area contributed by atoms with Crippen molar-refractivity contribution in [2.45, 2.75) is 37.1 Å². The molecule has 0 aliphatic rings. The second kappa shape index (κ2) is 8.44. The quantitative estimate of drug-likeness (QED) is 0.533. The number of nitro benzene ring substituents is 1. The summed E-state index contributed by atoms with van der Waals surface area (Å²) < 4.78 is 31.8. The minimum atomic E-state index is -3.88. The number of nitrogens with two attached hydrogens (primary N) is 1. The molecule has 23 heavy (non-hydrogen) atoms. The van der Waals surface area contributed by atoms with Crippen LogP contribution in [-0.4, -0.2) is 32.5 Å². The Morgan fingerprint density at radius 3 is 2.35 bits per heavy atom. The molecule has 0 bridgehead atoms. The Balaban J connectivity index is 0.00000484. The van der Waals surface area contributed by atoms with Gasteiger partial charge in [-0.25, -0.2) is 13.1 Å². The van der Waals surface area contributed by atoms with Crippen molar-refractivity contribution in [3.8, 4) is 5.75 Å². The predicted molar refractivity (Wildman–Crippen MR) is 89.6 cm³/mol. The Morgan fingerprint density at radius 1 is 1.35 bits per heavy atom. The Bertz CT molecular complexity index is 647. The van der Waals surface area contributed by atoms with E-state index in [1.54, 1.807) is 0 Å². The molecule has 0 amide bonds. The van der Waals surface area contributed by atoms with Crippen LogP contribution in [0.15, 0.2) is 23.1 Å². The van der Waals surface area contributed by atoms with Crippen LogP contribution in [0.1, 0.15) is 26.7 Å². The number of hydrogen-bond acceptors (Lipinski definition) is 6. The molecule has 0 aromatic heterocycles. The number of hydrogen-bond donors (Lipinski definition) is 2. The molecule has 0 atom stereocenters. The highest BCUT2D eigenvalue weighted by molar-refractivity contribution is 7.89. The van der Waals surface area contributed by atoms with E-state index >= 15 is 0 Å². The maximum atomic E-state index is 12.3. The van der Waals surface area contributed by atoms with E-state index < -0.39 is 26.2 Å². The SMILES string of the molecule is CCC(N)(CC)CNS(=O)(=O)c1ccc(OC)c([N+](=O)[O-])c1.Cl. The van der Waals surface area contributed by atoms with Crippen LogP contribution in [-0.2, 0) is 10.0 Å². The monoisotopic (exact) mass is 367 g/mol. The van der Waals surface area contributed by atoms with Crippen LogP contribution < -0.4 is 15.2 Å². The van der Waals surface area contributed by atoms with E-state index in [0.717, 1.165) is 6.07 Å². The number of rotatable bonds is 8. The lowest BCUT2D eigenvalue weighted by molar-refractivity contribution is -0.386. The first-order chi connectivity index (χ1) is 10.2. The third kappa shape index (κ3) is 5.31. The van der Waals surface area contributed by atoms with Gasteiger partial charge >= 0.3 is 5.69 Å². The summed E-state index contributed by atoms with van der Waals surface area (Å²) in [5.74, 6) is -0.000706. The van der Waals surface area contributed by atoms with Gasteiger partial charge in [-0.1, -0.05) is 13.8 Å². The lowest BCUT2D eigenvalue weighted by atomic mass is 9.95. The van der Waals surface area contributed by atoms with Crippen molar-refractivity contribution in [1.29, 1.82) is 0 Å². The van der Waals surface area contributed by atoms with Gasteiger partial charge in [-0.15, -0.1) is 12.4 Å². The van der Waals surface area contributed by atoms with Gasteiger partial charge in [0.15, 0.2) is 5.75 Å². The number of sulfonamides is 1. The molecule has 0 heterocycles. The number of ether oxygens (including phenoxy) is 1. The van der Waals surface area contributed by atoms with Crippen molar-refractivity contribution < 1.29 is 18.1 Å². The molecule has 1 aromatic rings. The zero-order chi connectivity index (χ0) is 17.0. The van der Waals surface area contributed by atoms with E-state index in [4.69, 9.17) is 10.5 Å². The average Bonchev–Trinajstić information content (AvgIpc) is 2.51. The molecule has 0 unspecified atom stereocenters. The van der Waals surface area contributed by atoms with Crippen molar-refractivity contribution in [3.63, 3.8) is 0 Å². The standard InChI is InChI=1S/C13H21N3O5S.ClH/c1-4-13(14,5-2)9-15-22(19,20)10-6-7-12(21-3)11(8-10)16(17)18;/h6-8,15H,4-5,9,14H2,1-3H3;1H. The highest BCUT2D eigenvalue weighted by Crippen LogP contribution is 2.29. The summed E-state index contributed by atoms with van der Waals surface area (Å²) in [6.45, 7) is 3.80. The summed E-state index contributed by atoms with van der Waals surface area (Å²) in [6.07, 6.45) is 1.21. The van der Waals surface area contributed by atoms with Crippen molar-refractivity contribution >= 4 is 28.1 Å². The molecule has 8 nitrogen and oxygen atoms in total. The molecule has 0 saturated heterocycles. The topological polar surface area (TPSA) is 125 Å². The Morgan fingerprint density at radius 2 is 1.91 bits per heavy atom. The first kappa shape index (κ1) is 21.6. The third-order valence-electron chi connectivity index (χ3n) is 3.68. The van der Waals surface area contributed by atoms with E-state index in [1.807, 2.05) is 13.8 Å². The van der Waals surface area contributed by atoms with Gasteiger partial charge in [0, 0.05) is 18.2 Å². The van der Waals surface area contributed by atoms with Gasteiger partial charge in [-0.05, 0) is 25.0 Å². The van der Waals surface area contributed by atoms with Crippen LogP contribution in [0.25, 0.3) is 0 Å². The van der Waals surface area contributed by atoms with E-state index in [0.29, 0.717) is 12.8 Å². The summed E-state index contributed by atoms with van der Waals surface area (Å²) in [4.78, 5) is 10.1. The minimum Gasteiger partial charge on any atom is -0.490 e. The molecule has 0 fully saturated rings. The largest absolute Gasteiger partial charge is 0.490 e. The number of nitro groups is 1. The lowest BCUT2D eigenvalue weighted by Gasteiger charge is -2.26. The molecule has 1 aromatic carbocycles. The fourth-order valence-corrected chi connectivity index (χ4v) is 2.96. The highest BCUT2D eigenvalue weighted by Gasteiger charge is 2.26. The molecule has 0 aliphatic heterocycles. The Labute approximate surface area is 142 Å². The molecule has 0 saturated carbocycles. The van der Waals surface area contributed by atoms with Gasteiger partial charge in [-0.2, -0.15) is 0 Å². The molecular weight excluding hydrogens is 346 g/mol. The number of nitrogens with one attached hydrogen (secondary N) is 1. The normalized spacial score (nSPS) is 11.7. The van der Waals surface area contributed by atoms with Crippen LogP contribution in [0, 0.1) is 10.1 Å². The van der Waals surface area contributed by atoms with E-state index in [1.165, 1.54) is 19.2 Å². The first-order valence-electron chi connectivity index (χ1n) is 6.80. The molecule has 132 valence electrons. The van der Waals surface area contributed by atoms with Gasteiger partial charge < -0.3 is 10.5 Å². The first-order valence-corrected chi connectivity index (χ1v) is 8.28. The maximum Gasteiger partial charge on any atom is 0.312 e. The predicted octanol–water partition coefficient (Wildman–Crippen LogP) is 1.82. The Kier molecular flexibility index (Phi) is 7.92. The number of halogens is 1. The summed E-state index contributed by atoms with van der Waals surface area (Å²) in [5, 5.41) is 11.0. The summed E-state index contributed by atoms with van der Waals surface area (Å²) in [7, 11) is -2.61. The van der Waals surface area contributed by atoms with Crippen molar-refractivity contribution in [1.82, 2.24) is 4.72 Å². The zero-order valence-corrected chi connectivity index (χ0v) is 14.9. The van der Waals surface area contributed by atoms with Crippen LogP contribution in [0.5, 0.6) is 5.75 Å². The third-order valence-corrected chi connectivity index (χ3v) is 5.08. The molecule has 0 radical (unpaired) electrons.